The van der Waals surface area contributed by atoms with Crippen LogP contribution in [0.15, 0.2) is 30.5 Å². The number of aromatic nitrogens is 1. The van der Waals surface area contributed by atoms with E-state index in [-0.39, 0.29) is 0 Å². The van der Waals surface area contributed by atoms with Crippen LogP contribution in [0.2, 0.25) is 0 Å². The first-order chi connectivity index (χ1) is 12.4. The summed E-state index contributed by atoms with van der Waals surface area (Å²) < 4.78 is 6.33. The fourth-order valence-corrected chi connectivity index (χ4v) is 4.23. The quantitative estimate of drug-likeness (QED) is 0.895. The van der Waals surface area contributed by atoms with Crippen LogP contribution in [-0.4, -0.2) is 60.2 Å². The molecule has 3 heterocycles. The molecule has 1 aromatic carbocycles. The van der Waals surface area contributed by atoms with E-state index in [2.05, 4.69) is 39.0 Å². The van der Waals surface area contributed by atoms with Gasteiger partial charge in [-0.15, -0.1) is 0 Å². The minimum absolute atomic E-state index is 0.356. The molecule has 0 bridgehead atoms. The van der Waals surface area contributed by atoms with Gasteiger partial charge in [0.1, 0.15) is 11.9 Å². The van der Waals surface area contributed by atoms with Crippen LogP contribution in [0.1, 0.15) is 38.5 Å². The molecule has 25 heavy (non-hydrogen) atoms. The Labute approximate surface area is 151 Å². The van der Waals surface area contributed by atoms with Crippen molar-refractivity contribution in [2.75, 3.05) is 39.3 Å². The number of aromatic amines is 1. The SMILES string of the molecule is c1cc(OC2CCN(CCN3CCCCCC3)CC2)c2cc[nH]c2c1. The summed E-state index contributed by atoms with van der Waals surface area (Å²) in [5, 5.41) is 1.20. The lowest BCUT2D eigenvalue weighted by atomic mass is 10.1. The van der Waals surface area contributed by atoms with Gasteiger partial charge in [-0.1, -0.05) is 18.9 Å². The third-order valence-corrected chi connectivity index (χ3v) is 5.81. The fraction of sp³-hybridized carbons (Fsp3) is 0.619. The Hall–Kier alpha value is -1.52. The second-order valence-corrected chi connectivity index (χ2v) is 7.61. The summed E-state index contributed by atoms with van der Waals surface area (Å²) >= 11 is 0. The molecule has 2 fully saturated rings. The molecule has 136 valence electrons. The van der Waals surface area contributed by atoms with Gasteiger partial charge in [-0.05, 0) is 57.0 Å². The van der Waals surface area contributed by atoms with Gasteiger partial charge in [0.15, 0.2) is 0 Å². The number of hydrogen-bond acceptors (Lipinski definition) is 3. The van der Waals surface area contributed by atoms with Crippen molar-refractivity contribution in [3.8, 4) is 5.75 Å². The number of fused-ring (bicyclic) bond motifs is 1. The van der Waals surface area contributed by atoms with Crippen molar-refractivity contribution >= 4 is 10.9 Å². The molecule has 0 spiro atoms. The number of likely N-dealkylation sites (tertiary alicyclic amines) is 2. The molecule has 0 unspecified atom stereocenters. The summed E-state index contributed by atoms with van der Waals surface area (Å²) in [5.41, 5.74) is 1.16. The Morgan fingerprint density at radius 1 is 0.880 bits per heavy atom. The van der Waals surface area contributed by atoms with Gasteiger partial charge in [-0.3, -0.25) is 0 Å². The molecule has 0 radical (unpaired) electrons. The first-order valence-electron chi connectivity index (χ1n) is 10.1. The van der Waals surface area contributed by atoms with Gasteiger partial charge in [0.25, 0.3) is 0 Å². The Bertz CT molecular complexity index is 652. The Morgan fingerprint density at radius 2 is 1.60 bits per heavy atom. The van der Waals surface area contributed by atoms with Gasteiger partial charge in [-0.25, -0.2) is 0 Å². The van der Waals surface area contributed by atoms with Crippen LogP contribution >= 0.6 is 0 Å². The zero-order valence-electron chi connectivity index (χ0n) is 15.3. The summed E-state index contributed by atoms with van der Waals surface area (Å²) in [6.07, 6.45) is 10.3. The summed E-state index contributed by atoms with van der Waals surface area (Å²) in [7, 11) is 0. The van der Waals surface area contributed by atoms with Crippen molar-refractivity contribution in [2.45, 2.75) is 44.6 Å². The lowest BCUT2D eigenvalue weighted by Crippen LogP contribution is -2.42. The maximum absolute atomic E-state index is 6.33. The molecule has 0 amide bonds. The number of rotatable bonds is 5. The summed E-state index contributed by atoms with van der Waals surface area (Å²) in [6, 6.07) is 8.39. The first kappa shape index (κ1) is 16.9. The average Bonchev–Trinajstić information content (AvgIpc) is 2.98. The number of piperidine rings is 1. The maximum atomic E-state index is 6.33. The summed E-state index contributed by atoms with van der Waals surface area (Å²) in [4.78, 5) is 8.56. The molecule has 0 aliphatic carbocycles. The zero-order valence-corrected chi connectivity index (χ0v) is 15.3. The largest absolute Gasteiger partial charge is 0.490 e. The van der Waals surface area contributed by atoms with Crippen molar-refractivity contribution in [3.05, 3.63) is 30.5 Å². The molecule has 1 N–H and O–H groups in total. The molecule has 1 aromatic heterocycles. The van der Waals surface area contributed by atoms with Gasteiger partial charge >= 0.3 is 0 Å². The van der Waals surface area contributed by atoms with E-state index in [9.17, 15) is 0 Å². The third-order valence-electron chi connectivity index (χ3n) is 5.81. The van der Waals surface area contributed by atoms with Crippen LogP contribution in [0.5, 0.6) is 5.75 Å². The second-order valence-electron chi connectivity index (χ2n) is 7.61. The number of benzene rings is 1. The van der Waals surface area contributed by atoms with Crippen molar-refractivity contribution in [1.29, 1.82) is 0 Å². The lowest BCUT2D eigenvalue weighted by Gasteiger charge is -2.33. The smallest absolute Gasteiger partial charge is 0.129 e. The molecule has 2 aliphatic heterocycles. The van der Waals surface area contributed by atoms with Crippen LogP contribution in [0.25, 0.3) is 10.9 Å². The fourth-order valence-electron chi connectivity index (χ4n) is 4.23. The number of hydrogen-bond donors (Lipinski definition) is 1. The van der Waals surface area contributed by atoms with E-state index >= 15 is 0 Å². The molecular weight excluding hydrogens is 310 g/mol. The van der Waals surface area contributed by atoms with Gasteiger partial charge in [0, 0.05) is 43.3 Å². The summed E-state index contributed by atoms with van der Waals surface area (Å²) in [5.74, 6) is 1.03. The van der Waals surface area contributed by atoms with E-state index in [1.807, 2.05) is 6.20 Å². The molecule has 4 nitrogen and oxygen atoms in total. The van der Waals surface area contributed by atoms with Gasteiger partial charge in [-0.2, -0.15) is 0 Å². The highest BCUT2D eigenvalue weighted by Gasteiger charge is 2.21. The summed E-state index contributed by atoms with van der Waals surface area (Å²) in [6.45, 7) is 7.41. The van der Waals surface area contributed by atoms with E-state index in [0.29, 0.717) is 6.10 Å². The van der Waals surface area contributed by atoms with E-state index in [1.54, 1.807) is 0 Å². The third kappa shape index (κ3) is 4.36. The number of nitrogens with zero attached hydrogens (tertiary/aromatic N) is 2. The van der Waals surface area contributed by atoms with Crippen LogP contribution < -0.4 is 4.74 Å². The van der Waals surface area contributed by atoms with Crippen molar-refractivity contribution in [2.24, 2.45) is 0 Å². The highest BCUT2D eigenvalue weighted by molar-refractivity contribution is 5.85. The Morgan fingerprint density at radius 3 is 2.36 bits per heavy atom. The van der Waals surface area contributed by atoms with Crippen LogP contribution in [0.3, 0.4) is 0 Å². The number of ether oxygens (including phenoxy) is 1. The number of H-pyrrole nitrogens is 1. The molecular formula is C21H31N3O. The van der Waals surface area contributed by atoms with Crippen LogP contribution in [0, 0.1) is 0 Å². The minimum atomic E-state index is 0.356. The molecule has 2 aromatic rings. The Kier molecular flexibility index (Phi) is 5.58. The predicted molar refractivity (Wildman–Crippen MR) is 103 cm³/mol. The minimum Gasteiger partial charge on any atom is -0.490 e. The van der Waals surface area contributed by atoms with Gasteiger partial charge in [0.2, 0.25) is 0 Å². The van der Waals surface area contributed by atoms with E-state index in [0.717, 1.165) is 24.1 Å². The topological polar surface area (TPSA) is 31.5 Å². The molecule has 2 aliphatic rings. The normalized spacial score (nSPS) is 21.4. The Balaban J connectivity index is 1.23. The zero-order chi connectivity index (χ0) is 16.9. The molecule has 4 heteroatoms. The monoisotopic (exact) mass is 341 g/mol. The highest BCUT2D eigenvalue weighted by Crippen LogP contribution is 2.27. The predicted octanol–water partition coefficient (Wildman–Crippen LogP) is 3.89. The van der Waals surface area contributed by atoms with E-state index < -0.39 is 0 Å². The molecule has 0 saturated carbocycles. The second kappa shape index (κ2) is 8.24. The van der Waals surface area contributed by atoms with E-state index in [1.165, 1.54) is 70.3 Å². The first-order valence-corrected chi connectivity index (χ1v) is 10.1. The van der Waals surface area contributed by atoms with Crippen molar-refractivity contribution in [3.63, 3.8) is 0 Å². The van der Waals surface area contributed by atoms with Crippen molar-refractivity contribution < 1.29 is 4.74 Å². The van der Waals surface area contributed by atoms with Crippen LogP contribution in [-0.2, 0) is 0 Å². The van der Waals surface area contributed by atoms with Crippen LogP contribution in [0.4, 0.5) is 0 Å². The molecule has 2 saturated heterocycles. The average molecular weight is 341 g/mol. The standard InChI is InChI=1S/C21H31N3O/c1-2-4-13-23(12-3-1)16-17-24-14-9-18(10-15-24)25-21-7-5-6-20-19(21)8-11-22-20/h5-8,11,18,22H,1-4,9-10,12-17H2. The lowest BCUT2D eigenvalue weighted by molar-refractivity contribution is 0.0942. The number of nitrogens with one attached hydrogen (secondary N) is 1. The maximum Gasteiger partial charge on any atom is 0.129 e. The molecule has 0 atom stereocenters. The van der Waals surface area contributed by atoms with Gasteiger partial charge < -0.3 is 19.5 Å². The van der Waals surface area contributed by atoms with E-state index in [4.69, 9.17) is 4.74 Å². The highest BCUT2D eigenvalue weighted by atomic mass is 16.5. The molecule has 4 rings (SSSR count). The van der Waals surface area contributed by atoms with Gasteiger partial charge in [0.05, 0.1) is 0 Å². The van der Waals surface area contributed by atoms with Crippen molar-refractivity contribution in [1.82, 2.24) is 14.8 Å².